The van der Waals surface area contributed by atoms with E-state index in [4.69, 9.17) is 16.6 Å². The van der Waals surface area contributed by atoms with Crippen LogP contribution in [0.1, 0.15) is 29.9 Å². The second-order valence-corrected chi connectivity index (χ2v) is 7.75. The largest absolute Gasteiger partial charge is 0.302 e. The van der Waals surface area contributed by atoms with E-state index in [1.165, 1.54) is 11.3 Å². The number of aromatic nitrogens is 3. The molecule has 2 aromatic heterocycles. The van der Waals surface area contributed by atoms with Crippen molar-refractivity contribution >= 4 is 44.2 Å². The molecule has 0 aliphatic heterocycles. The number of halogens is 1. The van der Waals surface area contributed by atoms with Gasteiger partial charge in [-0.3, -0.25) is 14.4 Å². The van der Waals surface area contributed by atoms with Crippen molar-refractivity contribution in [3.05, 3.63) is 40.7 Å². The van der Waals surface area contributed by atoms with Gasteiger partial charge in [-0.1, -0.05) is 42.9 Å². The summed E-state index contributed by atoms with van der Waals surface area (Å²) in [5, 5.41) is 5.46. The first-order chi connectivity index (χ1) is 13.0. The Labute approximate surface area is 168 Å². The van der Waals surface area contributed by atoms with E-state index in [0.717, 1.165) is 35.4 Å². The maximum Gasteiger partial charge on any atom is 0.278 e. The molecule has 0 aliphatic carbocycles. The van der Waals surface area contributed by atoms with Gasteiger partial charge in [0.1, 0.15) is 5.69 Å². The number of anilines is 1. The van der Waals surface area contributed by atoms with Gasteiger partial charge in [-0.05, 0) is 37.7 Å². The number of nitrogens with zero attached hydrogens (tertiary/aromatic N) is 5. The first-order valence-corrected chi connectivity index (χ1v) is 10.2. The van der Waals surface area contributed by atoms with Gasteiger partial charge in [0.2, 0.25) is 0 Å². The molecule has 0 saturated carbocycles. The van der Waals surface area contributed by atoms with E-state index >= 15 is 0 Å². The Hall–Kier alpha value is -1.96. The van der Waals surface area contributed by atoms with Crippen LogP contribution in [-0.2, 0) is 7.05 Å². The van der Waals surface area contributed by atoms with Crippen molar-refractivity contribution in [1.29, 1.82) is 0 Å². The quantitative estimate of drug-likeness (QED) is 0.596. The molecule has 0 bridgehead atoms. The number of carbonyl (C=O) groups excluding carboxylic acids is 1. The summed E-state index contributed by atoms with van der Waals surface area (Å²) in [7, 11) is 1.77. The average Bonchev–Trinajstić information content (AvgIpc) is 3.29. The number of fused-ring (bicyclic) bond motifs is 1. The Bertz CT molecular complexity index is 908. The molecule has 0 fully saturated rings. The summed E-state index contributed by atoms with van der Waals surface area (Å²) in [6.45, 7) is 9.46. The van der Waals surface area contributed by atoms with Gasteiger partial charge in [0.15, 0.2) is 5.13 Å². The summed E-state index contributed by atoms with van der Waals surface area (Å²) in [4.78, 5) is 22.0. The van der Waals surface area contributed by atoms with E-state index < -0.39 is 0 Å². The lowest BCUT2D eigenvalue weighted by Gasteiger charge is -2.24. The van der Waals surface area contributed by atoms with Gasteiger partial charge in [-0.2, -0.15) is 5.10 Å². The van der Waals surface area contributed by atoms with Crippen LogP contribution in [0.15, 0.2) is 24.4 Å². The Kier molecular flexibility index (Phi) is 6.14. The van der Waals surface area contributed by atoms with Crippen molar-refractivity contribution in [2.75, 3.05) is 31.1 Å². The van der Waals surface area contributed by atoms with Crippen LogP contribution in [0.2, 0.25) is 5.02 Å². The SMILES string of the molecule is CCN(CC)CCN(C(=O)c1ccnn1C)c1nc2c(C)ccc(Cl)c2s1. The van der Waals surface area contributed by atoms with Crippen molar-refractivity contribution in [3.63, 3.8) is 0 Å². The zero-order chi connectivity index (χ0) is 19.6. The Morgan fingerprint density at radius 2 is 1.96 bits per heavy atom. The summed E-state index contributed by atoms with van der Waals surface area (Å²) in [6, 6.07) is 5.57. The fourth-order valence-electron chi connectivity index (χ4n) is 2.99. The highest BCUT2D eigenvalue weighted by Crippen LogP contribution is 2.36. The number of hydrogen-bond donors (Lipinski definition) is 0. The fraction of sp³-hybridized carbons (Fsp3) is 0.421. The molecule has 0 N–H and O–H groups in total. The van der Waals surface area contributed by atoms with Gasteiger partial charge < -0.3 is 4.90 Å². The maximum absolute atomic E-state index is 13.2. The summed E-state index contributed by atoms with van der Waals surface area (Å²) in [6.07, 6.45) is 1.63. The Morgan fingerprint density at radius 3 is 2.56 bits per heavy atom. The molecule has 6 nitrogen and oxygen atoms in total. The van der Waals surface area contributed by atoms with Gasteiger partial charge in [0, 0.05) is 26.3 Å². The zero-order valence-corrected chi connectivity index (χ0v) is 17.6. The number of amides is 1. The lowest BCUT2D eigenvalue weighted by atomic mass is 10.2. The minimum Gasteiger partial charge on any atom is -0.302 e. The van der Waals surface area contributed by atoms with E-state index in [2.05, 4.69) is 23.8 Å². The molecule has 0 radical (unpaired) electrons. The van der Waals surface area contributed by atoms with Crippen LogP contribution in [-0.4, -0.2) is 51.8 Å². The predicted molar refractivity (Wildman–Crippen MR) is 112 cm³/mol. The topological polar surface area (TPSA) is 54.3 Å². The standard InChI is InChI=1S/C19H24ClN5OS/c1-5-24(6-2)11-12-25(18(26)15-9-10-21-23(15)4)19-22-16-13(3)7-8-14(20)17(16)27-19/h7-10H,5-6,11-12H2,1-4H3. The van der Waals surface area contributed by atoms with Crippen molar-refractivity contribution in [2.24, 2.45) is 7.05 Å². The normalized spacial score (nSPS) is 11.5. The van der Waals surface area contributed by atoms with E-state index in [1.54, 1.807) is 28.9 Å². The van der Waals surface area contributed by atoms with Gasteiger partial charge in [-0.25, -0.2) is 4.98 Å². The van der Waals surface area contributed by atoms with E-state index in [9.17, 15) is 4.79 Å². The zero-order valence-electron chi connectivity index (χ0n) is 16.1. The van der Waals surface area contributed by atoms with E-state index in [0.29, 0.717) is 22.4 Å². The summed E-state index contributed by atoms with van der Waals surface area (Å²) in [5.41, 5.74) is 2.44. The highest BCUT2D eigenvalue weighted by atomic mass is 35.5. The number of carbonyl (C=O) groups is 1. The van der Waals surface area contributed by atoms with Crippen LogP contribution < -0.4 is 4.90 Å². The maximum atomic E-state index is 13.2. The third kappa shape index (κ3) is 4.00. The number of aryl methyl sites for hydroxylation is 2. The van der Waals surface area contributed by atoms with Crippen LogP contribution in [0, 0.1) is 6.92 Å². The van der Waals surface area contributed by atoms with Crippen molar-refractivity contribution < 1.29 is 4.79 Å². The van der Waals surface area contributed by atoms with Gasteiger partial charge in [-0.15, -0.1) is 0 Å². The predicted octanol–water partition coefficient (Wildman–Crippen LogP) is 3.98. The minimum absolute atomic E-state index is 0.102. The fourth-order valence-corrected chi connectivity index (χ4v) is 4.33. The van der Waals surface area contributed by atoms with Crippen LogP contribution in [0.25, 0.3) is 10.2 Å². The molecule has 3 rings (SSSR count). The summed E-state index contributed by atoms with van der Waals surface area (Å²) in [5.74, 6) is -0.102. The van der Waals surface area contributed by atoms with Crippen LogP contribution in [0.4, 0.5) is 5.13 Å². The molecule has 0 spiro atoms. The average molecular weight is 406 g/mol. The van der Waals surface area contributed by atoms with Gasteiger partial charge >= 0.3 is 0 Å². The second-order valence-electron chi connectivity index (χ2n) is 6.36. The molecule has 144 valence electrons. The molecule has 1 aromatic carbocycles. The number of thiazole rings is 1. The molecule has 0 unspecified atom stereocenters. The number of rotatable bonds is 7. The molecule has 8 heteroatoms. The molecular formula is C19H24ClN5OS. The van der Waals surface area contributed by atoms with E-state index in [-0.39, 0.29) is 5.91 Å². The monoisotopic (exact) mass is 405 g/mol. The lowest BCUT2D eigenvalue weighted by Crippen LogP contribution is -2.39. The Balaban J connectivity index is 2.01. The van der Waals surface area contributed by atoms with Crippen molar-refractivity contribution in [1.82, 2.24) is 19.7 Å². The van der Waals surface area contributed by atoms with Gasteiger partial charge in [0.05, 0.1) is 15.2 Å². The van der Waals surface area contributed by atoms with Crippen LogP contribution in [0.5, 0.6) is 0 Å². The molecule has 0 atom stereocenters. The number of hydrogen-bond acceptors (Lipinski definition) is 5. The number of likely N-dealkylation sites (N-methyl/N-ethyl adjacent to an activating group) is 1. The molecular weight excluding hydrogens is 382 g/mol. The summed E-state index contributed by atoms with van der Waals surface area (Å²) >= 11 is 7.83. The highest BCUT2D eigenvalue weighted by molar-refractivity contribution is 7.23. The summed E-state index contributed by atoms with van der Waals surface area (Å²) < 4.78 is 2.51. The number of benzene rings is 1. The molecule has 3 aromatic rings. The third-order valence-corrected chi connectivity index (χ3v) is 6.27. The molecule has 2 heterocycles. The minimum atomic E-state index is -0.102. The first kappa shape index (κ1) is 19.8. The van der Waals surface area contributed by atoms with Crippen molar-refractivity contribution in [2.45, 2.75) is 20.8 Å². The molecule has 1 amide bonds. The van der Waals surface area contributed by atoms with Crippen LogP contribution >= 0.6 is 22.9 Å². The lowest BCUT2D eigenvalue weighted by molar-refractivity contribution is 0.0974. The van der Waals surface area contributed by atoms with E-state index in [1.807, 2.05) is 19.1 Å². The van der Waals surface area contributed by atoms with Crippen molar-refractivity contribution in [3.8, 4) is 0 Å². The van der Waals surface area contributed by atoms with Gasteiger partial charge in [0.25, 0.3) is 5.91 Å². The third-order valence-electron chi connectivity index (χ3n) is 4.74. The second kappa shape index (κ2) is 8.37. The molecule has 0 aliphatic rings. The first-order valence-electron chi connectivity index (χ1n) is 9.04. The smallest absolute Gasteiger partial charge is 0.278 e. The molecule has 0 saturated heterocycles. The molecule has 27 heavy (non-hydrogen) atoms. The Morgan fingerprint density at radius 1 is 1.22 bits per heavy atom. The van der Waals surface area contributed by atoms with Crippen LogP contribution in [0.3, 0.4) is 0 Å². The highest BCUT2D eigenvalue weighted by Gasteiger charge is 2.24.